The van der Waals surface area contributed by atoms with E-state index in [4.69, 9.17) is 9.15 Å². The van der Waals surface area contributed by atoms with E-state index in [0.717, 1.165) is 11.1 Å². The van der Waals surface area contributed by atoms with E-state index < -0.39 is 15.6 Å². The van der Waals surface area contributed by atoms with E-state index in [1.54, 1.807) is 43.3 Å². The number of aryl methyl sites for hydroxylation is 3. The molecule has 1 N–H and O–H groups in total. The molecular formula is C24H27NO6S. The quantitative estimate of drug-likeness (QED) is 0.224. The maximum atomic E-state index is 12.3. The highest BCUT2D eigenvalue weighted by atomic mass is 32.2. The summed E-state index contributed by atoms with van der Waals surface area (Å²) in [4.78, 5) is 24.2. The van der Waals surface area contributed by atoms with E-state index in [1.165, 1.54) is 6.07 Å². The number of rotatable bonds is 9. The molecule has 3 aromatic rings. The van der Waals surface area contributed by atoms with Gasteiger partial charge in [0.25, 0.3) is 0 Å². The standard InChI is InChI=1S/C24H27NO6S/c1-16-8-10-19(11-9-16)32(28,29)25-12-6-4-5-7-22(26)30-20-13-17(2)14-21-24(20)18(3)15-23(27)31-21/h8-11,13-15,25H,4-7,12H2,1-3H3. The molecule has 1 aromatic heterocycles. The van der Waals surface area contributed by atoms with Crippen LogP contribution in [0, 0.1) is 20.8 Å². The Balaban J connectivity index is 1.48. The first kappa shape index (κ1) is 23.7. The predicted octanol–water partition coefficient (Wildman–Crippen LogP) is 4.16. The Labute approximate surface area is 187 Å². The number of hydrogen-bond acceptors (Lipinski definition) is 6. The number of fused-ring (bicyclic) bond motifs is 1. The van der Waals surface area contributed by atoms with Gasteiger partial charge in [0.2, 0.25) is 10.0 Å². The molecule has 0 amide bonds. The molecule has 170 valence electrons. The van der Waals surface area contributed by atoms with Crippen molar-refractivity contribution in [3.05, 3.63) is 69.6 Å². The van der Waals surface area contributed by atoms with Crippen LogP contribution in [0.5, 0.6) is 5.75 Å². The number of ether oxygens (including phenoxy) is 1. The topological polar surface area (TPSA) is 103 Å². The first-order chi connectivity index (χ1) is 15.2. The van der Waals surface area contributed by atoms with Crippen LogP contribution in [-0.4, -0.2) is 20.9 Å². The Bertz CT molecular complexity index is 1280. The van der Waals surface area contributed by atoms with Gasteiger partial charge in [-0.05, 0) is 69.0 Å². The zero-order valence-electron chi connectivity index (χ0n) is 18.4. The molecule has 0 aliphatic heterocycles. The fourth-order valence-corrected chi connectivity index (χ4v) is 4.48. The van der Waals surface area contributed by atoms with Crippen LogP contribution in [-0.2, 0) is 14.8 Å². The summed E-state index contributed by atoms with van der Waals surface area (Å²) >= 11 is 0. The van der Waals surface area contributed by atoms with Crippen LogP contribution in [0.25, 0.3) is 11.0 Å². The third kappa shape index (κ3) is 6.05. The number of sulfonamides is 1. The molecule has 0 aliphatic carbocycles. The minimum Gasteiger partial charge on any atom is -0.426 e. The third-order valence-electron chi connectivity index (χ3n) is 5.05. The van der Waals surface area contributed by atoms with Crippen LogP contribution in [0.1, 0.15) is 42.4 Å². The fourth-order valence-electron chi connectivity index (χ4n) is 3.41. The molecule has 8 heteroatoms. The second-order valence-electron chi connectivity index (χ2n) is 7.88. The smallest absolute Gasteiger partial charge is 0.336 e. The van der Waals surface area contributed by atoms with Crippen LogP contribution >= 0.6 is 0 Å². The molecule has 0 saturated heterocycles. The monoisotopic (exact) mass is 457 g/mol. The second kappa shape index (κ2) is 10.1. The number of unbranched alkanes of at least 4 members (excludes halogenated alkanes) is 2. The zero-order valence-corrected chi connectivity index (χ0v) is 19.3. The summed E-state index contributed by atoms with van der Waals surface area (Å²) in [5.74, 6) is -0.0140. The predicted molar refractivity (Wildman–Crippen MR) is 122 cm³/mol. The second-order valence-corrected chi connectivity index (χ2v) is 9.65. The van der Waals surface area contributed by atoms with Gasteiger partial charge in [0, 0.05) is 19.0 Å². The minimum atomic E-state index is -3.53. The van der Waals surface area contributed by atoms with Gasteiger partial charge < -0.3 is 9.15 Å². The van der Waals surface area contributed by atoms with E-state index >= 15 is 0 Å². The SMILES string of the molecule is Cc1ccc(S(=O)(=O)NCCCCCC(=O)Oc2cc(C)cc3oc(=O)cc(C)c23)cc1. The van der Waals surface area contributed by atoms with Crippen molar-refractivity contribution in [2.24, 2.45) is 0 Å². The Morgan fingerprint density at radius 1 is 0.969 bits per heavy atom. The summed E-state index contributed by atoms with van der Waals surface area (Å²) in [6, 6.07) is 11.5. The molecule has 32 heavy (non-hydrogen) atoms. The number of hydrogen-bond donors (Lipinski definition) is 1. The number of esters is 1. The van der Waals surface area contributed by atoms with Crippen LogP contribution in [0.4, 0.5) is 0 Å². The van der Waals surface area contributed by atoms with Gasteiger partial charge in [-0.25, -0.2) is 17.9 Å². The van der Waals surface area contributed by atoms with E-state index in [0.29, 0.717) is 48.1 Å². The van der Waals surface area contributed by atoms with Crippen molar-refractivity contribution in [1.82, 2.24) is 4.72 Å². The Kier molecular flexibility index (Phi) is 7.48. The largest absolute Gasteiger partial charge is 0.426 e. The lowest BCUT2D eigenvalue weighted by Gasteiger charge is -2.10. The summed E-state index contributed by atoms with van der Waals surface area (Å²) in [7, 11) is -3.53. The molecule has 0 spiro atoms. The average Bonchev–Trinajstić information content (AvgIpc) is 2.70. The number of nitrogens with one attached hydrogen (secondary N) is 1. The first-order valence-electron chi connectivity index (χ1n) is 10.5. The van der Waals surface area contributed by atoms with Crippen molar-refractivity contribution < 1.29 is 22.4 Å². The fraction of sp³-hybridized carbons (Fsp3) is 0.333. The van der Waals surface area contributed by atoms with Gasteiger partial charge >= 0.3 is 11.6 Å². The zero-order chi connectivity index (χ0) is 23.3. The number of carbonyl (C=O) groups excluding carboxylic acids is 1. The van der Waals surface area contributed by atoms with Crippen molar-refractivity contribution in [2.45, 2.75) is 51.3 Å². The molecule has 0 bridgehead atoms. The van der Waals surface area contributed by atoms with Gasteiger partial charge in [0.15, 0.2) is 0 Å². The van der Waals surface area contributed by atoms with E-state index in [9.17, 15) is 18.0 Å². The van der Waals surface area contributed by atoms with E-state index in [1.807, 2.05) is 13.8 Å². The van der Waals surface area contributed by atoms with Gasteiger partial charge in [-0.2, -0.15) is 0 Å². The molecule has 0 atom stereocenters. The molecule has 3 rings (SSSR count). The number of benzene rings is 2. The highest BCUT2D eigenvalue weighted by Gasteiger charge is 2.14. The normalized spacial score (nSPS) is 11.6. The van der Waals surface area contributed by atoms with Crippen molar-refractivity contribution in [2.75, 3.05) is 6.54 Å². The lowest BCUT2D eigenvalue weighted by Crippen LogP contribution is -2.24. The summed E-state index contributed by atoms with van der Waals surface area (Å²) < 4.78 is 37.9. The van der Waals surface area contributed by atoms with Gasteiger partial charge in [-0.15, -0.1) is 0 Å². The summed E-state index contributed by atoms with van der Waals surface area (Å²) in [5.41, 5.74) is 2.43. The highest BCUT2D eigenvalue weighted by molar-refractivity contribution is 7.89. The van der Waals surface area contributed by atoms with Crippen molar-refractivity contribution >= 4 is 27.0 Å². The highest BCUT2D eigenvalue weighted by Crippen LogP contribution is 2.29. The van der Waals surface area contributed by atoms with Crippen molar-refractivity contribution in [3.63, 3.8) is 0 Å². The summed E-state index contributed by atoms with van der Waals surface area (Å²) in [6.07, 6.45) is 2.06. The molecule has 0 fully saturated rings. The van der Waals surface area contributed by atoms with E-state index in [2.05, 4.69) is 4.72 Å². The molecule has 7 nitrogen and oxygen atoms in total. The van der Waals surface area contributed by atoms with Gasteiger partial charge in [-0.3, -0.25) is 4.79 Å². The average molecular weight is 458 g/mol. The summed E-state index contributed by atoms with van der Waals surface area (Å²) in [6.45, 7) is 5.79. The molecule has 0 saturated carbocycles. The molecule has 2 aromatic carbocycles. The van der Waals surface area contributed by atoms with Crippen LogP contribution in [0.3, 0.4) is 0 Å². The van der Waals surface area contributed by atoms with E-state index in [-0.39, 0.29) is 17.3 Å². The molecule has 1 heterocycles. The Hall–Kier alpha value is -2.97. The Morgan fingerprint density at radius 2 is 1.69 bits per heavy atom. The van der Waals surface area contributed by atoms with Crippen LogP contribution in [0.2, 0.25) is 0 Å². The molecule has 0 aliphatic rings. The number of carbonyl (C=O) groups is 1. The molecular weight excluding hydrogens is 430 g/mol. The van der Waals surface area contributed by atoms with Crippen molar-refractivity contribution in [1.29, 1.82) is 0 Å². The lowest BCUT2D eigenvalue weighted by atomic mass is 10.1. The van der Waals surface area contributed by atoms with Gasteiger partial charge in [0.1, 0.15) is 11.3 Å². The maximum absolute atomic E-state index is 12.3. The first-order valence-corrected chi connectivity index (χ1v) is 12.0. The van der Waals surface area contributed by atoms with Crippen LogP contribution in [0.15, 0.2) is 56.6 Å². The maximum Gasteiger partial charge on any atom is 0.336 e. The van der Waals surface area contributed by atoms with Gasteiger partial charge in [-0.1, -0.05) is 24.1 Å². The summed E-state index contributed by atoms with van der Waals surface area (Å²) in [5, 5.41) is 0.606. The molecule has 0 unspecified atom stereocenters. The van der Waals surface area contributed by atoms with Gasteiger partial charge in [0.05, 0.1) is 10.3 Å². The molecule has 0 radical (unpaired) electrons. The van der Waals surface area contributed by atoms with Crippen LogP contribution < -0.4 is 15.1 Å². The Morgan fingerprint density at radius 3 is 2.41 bits per heavy atom. The minimum absolute atomic E-state index is 0.204. The third-order valence-corrected chi connectivity index (χ3v) is 6.53. The lowest BCUT2D eigenvalue weighted by molar-refractivity contribution is -0.134. The van der Waals surface area contributed by atoms with Crippen molar-refractivity contribution in [3.8, 4) is 5.75 Å².